The molecule has 0 aliphatic rings. The SMILES string of the molecule is COCCCSc1cc(Cl)nc(SC)n1. The number of ether oxygens (including phenoxy) is 1. The number of halogens is 1. The van der Waals surface area contributed by atoms with E-state index in [1.54, 1.807) is 24.9 Å². The van der Waals surface area contributed by atoms with E-state index in [0.717, 1.165) is 29.0 Å². The van der Waals surface area contributed by atoms with Crippen LogP contribution in [0.25, 0.3) is 0 Å². The summed E-state index contributed by atoms with van der Waals surface area (Å²) in [6.07, 6.45) is 2.95. The number of aromatic nitrogens is 2. The lowest BCUT2D eigenvalue weighted by atomic mass is 10.5. The van der Waals surface area contributed by atoms with E-state index < -0.39 is 0 Å². The van der Waals surface area contributed by atoms with Crippen molar-refractivity contribution in [1.29, 1.82) is 0 Å². The Morgan fingerprint density at radius 1 is 1.47 bits per heavy atom. The van der Waals surface area contributed by atoms with Gasteiger partial charge in [0.2, 0.25) is 0 Å². The second-order valence-corrected chi connectivity index (χ2v) is 4.99. The lowest BCUT2D eigenvalue weighted by Crippen LogP contribution is -1.93. The van der Waals surface area contributed by atoms with Gasteiger partial charge < -0.3 is 4.74 Å². The number of thioether (sulfide) groups is 2. The molecule has 0 atom stereocenters. The summed E-state index contributed by atoms with van der Waals surface area (Å²) in [6, 6.07) is 1.79. The fourth-order valence-corrected chi connectivity index (χ4v) is 2.47. The predicted octanol–water partition coefficient (Wildman–Crippen LogP) is 2.98. The molecule has 1 aromatic rings. The summed E-state index contributed by atoms with van der Waals surface area (Å²) in [5.41, 5.74) is 0. The molecule has 0 aromatic carbocycles. The molecule has 1 heterocycles. The molecule has 15 heavy (non-hydrogen) atoms. The maximum Gasteiger partial charge on any atom is 0.189 e. The van der Waals surface area contributed by atoms with E-state index in [2.05, 4.69) is 9.97 Å². The van der Waals surface area contributed by atoms with Gasteiger partial charge in [0, 0.05) is 25.5 Å². The number of nitrogens with zero attached hydrogens (tertiary/aromatic N) is 2. The highest BCUT2D eigenvalue weighted by Crippen LogP contribution is 2.22. The molecule has 0 saturated heterocycles. The number of hydrogen-bond donors (Lipinski definition) is 0. The van der Waals surface area contributed by atoms with Crippen molar-refractivity contribution in [2.75, 3.05) is 25.7 Å². The van der Waals surface area contributed by atoms with Gasteiger partial charge in [0.25, 0.3) is 0 Å². The first-order valence-corrected chi connectivity index (χ1v) is 7.05. The third-order valence-corrected chi connectivity index (χ3v) is 3.32. The van der Waals surface area contributed by atoms with Crippen LogP contribution in [0.4, 0.5) is 0 Å². The summed E-state index contributed by atoms with van der Waals surface area (Å²) in [6.45, 7) is 0.779. The van der Waals surface area contributed by atoms with Crippen molar-refractivity contribution in [3.8, 4) is 0 Å². The second-order valence-electron chi connectivity index (χ2n) is 2.71. The Bertz CT molecular complexity index is 312. The van der Waals surface area contributed by atoms with E-state index >= 15 is 0 Å². The molecule has 6 heteroatoms. The summed E-state index contributed by atoms with van der Waals surface area (Å²) in [5, 5.41) is 2.15. The van der Waals surface area contributed by atoms with E-state index in [1.165, 1.54) is 11.8 Å². The minimum absolute atomic E-state index is 0.503. The number of hydrogen-bond acceptors (Lipinski definition) is 5. The Balaban J connectivity index is 2.49. The highest BCUT2D eigenvalue weighted by atomic mass is 35.5. The molecule has 1 rings (SSSR count). The highest BCUT2D eigenvalue weighted by Gasteiger charge is 2.02. The summed E-state index contributed by atoms with van der Waals surface area (Å²) in [7, 11) is 1.71. The van der Waals surface area contributed by atoms with Crippen molar-refractivity contribution in [3.05, 3.63) is 11.2 Å². The Hall–Kier alpha value is 0.0300. The first-order chi connectivity index (χ1) is 7.26. The van der Waals surface area contributed by atoms with Gasteiger partial charge in [-0.3, -0.25) is 0 Å². The topological polar surface area (TPSA) is 35.0 Å². The van der Waals surface area contributed by atoms with Gasteiger partial charge in [-0.05, 0) is 12.7 Å². The van der Waals surface area contributed by atoms with Crippen LogP contribution >= 0.6 is 35.1 Å². The van der Waals surface area contributed by atoms with Crippen molar-refractivity contribution >= 4 is 35.1 Å². The molecule has 0 bridgehead atoms. The maximum absolute atomic E-state index is 5.87. The van der Waals surface area contributed by atoms with Crippen LogP contribution in [0.15, 0.2) is 16.2 Å². The molecule has 0 N–H and O–H groups in total. The van der Waals surface area contributed by atoms with E-state index in [1.807, 2.05) is 6.26 Å². The lowest BCUT2D eigenvalue weighted by molar-refractivity contribution is 0.200. The molecular formula is C9H13ClN2OS2. The van der Waals surface area contributed by atoms with E-state index in [0.29, 0.717) is 5.15 Å². The van der Waals surface area contributed by atoms with Crippen LogP contribution in [0, 0.1) is 0 Å². The molecule has 1 aromatic heterocycles. The lowest BCUT2D eigenvalue weighted by Gasteiger charge is -2.02. The zero-order valence-corrected chi connectivity index (χ0v) is 11.1. The van der Waals surface area contributed by atoms with Gasteiger partial charge in [-0.1, -0.05) is 23.4 Å². The zero-order chi connectivity index (χ0) is 11.1. The monoisotopic (exact) mass is 264 g/mol. The highest BCUT2D eigenvalue weighted by molar-refractivity contribution is 7.99. The van der Waals surface area contributed by atoms with Crippen molar-refractivity contribution < 1.29 is 4.74 Å². The van der Waals surface area contributed by atoms with Crippen LogP contribution < -0.4 is 0 Å². The van der Waals surface area contributed by atoms with Crippen LogP contribution in [0.3, 0.4) is 0 Å². The first-order valence-electron chi connectivity index (χ1n) is 4.46. The van der Waals surface area contributed by atoms with E-state index in [4.69, 9.17) is 16.3 Å². The molecule has 0 amide bonds. The molecular weight excluding hydrogens is 252 g/mol. The average Bonchev–Trinajstić information content (AvgIpc) is 2.23. The molecule has 0 saturated carbocycles. The van der Waals surface area contributed by atoms with E-state index in [9.17, 15) is 0 Å². The van der Waals surface area contributed by atoms with Gasteiger partial charge >= 0.3 is 0 Å². The summed E-state index contributed by atoms with van der Waals surface area (Å²) < 4.78 is 4.97. The van der Waals surface area contributed by atoms with Crippen LogP contribution in [-0.2, 0) is 4.74 Å². The van der Waals surface area contributed by atoms with Crippen LogP contribution in [0.5, 0.6) is 0 Å². The fraction of sp³-hybridized carbons (Fsp3) is 0.556. The van der Waals surface area contributed by atoms with Crippen LogP contribution in [-0.4, -0.2) is 35.7 Å². The van der Waals surface area contributed by atoms with Gasteiger partial charge in [0.05, 0.1) is 0 Å². The maximum atomic E-state index is 5.87. The second kappa shape index (κ2) is 7.33. The van der Waals surface area contributed by atoms with Crippen molar-refractivity contribution in [1.82, 2.24) is 9.97 Å². The van der Waals surface area contributed by atoms with Crippen molar-refractivity contribution in [2.45, 2.75) is 16.6 Å². The Kier molecular flexibility index (Phi) is 6.40. The number of rotatable bonds is 6. The average molecular weight is 265 g/mol. The van der Waals surface area contributed by atoms with Gasteiger partial charge in [0.15, 0.2) is 5.16 Å². The molecule has 3 nitrogen and oxygen atoms in total. The molecule has 0 aliphatic heterocycles. The molecule has 0 radical (unpaired) electrons. The largest absolute Gasteiger partial charge is 0.385 e. The van der Waals surface area contributed by atoms with Crippen molar-refractivity contribution in [3.63, 3.8) is 0 Å². The molecule has 84 valence electrons. The molecule has 0 aliphatic carbocycles. The molecule has 0 fully saturated rings. The summed E-state index contributed by atoms with van der Waals surface area (Å²) in [4.78, 5) is 8.42. The number of methoxy groups -OCH3 is 1. The Morgan fingerprint density at radius 3 is 2.93 bits per heavy atom. The summed E-state index contributed by atoms with van der Waals surface area (Å²) in [5.74, 6) is 0.981. The minimum Gasteiger partial charge on any atom is -0.385 e. The standard InChI is InChI=1S/C9H13ClN2OS2/c1-13-4-3-5-15-8-6-7(10)11-9(12-8)14-2/h6H,3-5H2,1-2H3. The van der Waals surface area contributed by atoms with Gasteiger partial charge in [-0.2, -0.15) is 0 Å². The zero-order valence-electron chi connectivity index (χ0n) is 8.70. The van der Waals surface area contributed by atoms with Gasteiger partial charge in [-0.15, -0.1) is 11.8 Å². The van der Waals surface area contributed by atoms with Crippen molar-refractivity contribution in [2.24, 2.45) is 0 Å². The fourth-order valence-electron chi connectivity index (χ4n) is 0.922. The third kappa shape index (κ3) is 5.06. The van der Waals surface area contributed by atoms with Gasteiger partial charge in [0.1, 0.15) is 10.2 Å². The first kappa shape index (κ1) is 13.1. The molecule has 0 unspecified atom stereocenters. The van der Waals surface area contributed by atoms with Crippen LogP contribution in [0.2, 0.25) is 5.15 Å². The normalized spacial score (nSPS) is 10.6. The minimum atomic E-state index is 0.503. The third-order valence-electron chi connectivity index (χ3n) is 1.58. The van der Waals surface area contributed by atoms with E-state index in [-0.39, 0.29) is 0 Å². The Morgan fingerprint density at radius 2 is 2.27 bits per heavy atom. The quantitative estimate of drug-likeness (QED) is 0.342. The smallest absolute Gasteiger partial charge is 0.189 e. The Labute approximate surface area is 103 Å². The van der Waals surface area contributed by atoms with Crippen LogP contribution in [0.1, 0.15) is 6.42 Å². The summed E-state index contributed by atoms with van der Waals surface area (Å²) >= 11 is 9.04. The van der Waals surface area contributed by atoms with Gasteiger partial charge in [-0.25, -0.2) is 9.97 Å². The molecule has 0 spiro atoms. The predicted molar refractivity (Wildman–Crippen MR) is 66.0 cm³/mol.